The van der Waals surface area contributed by atoms with Crippen molar-refractivity contribution in [1.82, 2.24) is 0 Å². The molecule has 2 aliphatic heterocycles. The molecule has 2 aliphatic rings. The van der Waals surface area contributed by atoms with Gasteiger partial charge in [-0.15, -0.1) is 0 Å². The zero-order valence-electron chi connectivity index (χ0n) is 15.3. The summed E-state index contributed by atoms with van der Waals surface area (Å²) >= 11 is 0. The average Bonchev–Trinajstić information content (AvgIpc) is 3.08. The molecule has 154 valence electrons. The van der Waals surface area contributed by atoms with E-state index in [9.17, 15) is 21.6 Å². The predicted octanol–water partition coefficient (Wildman–Crippen LogP) is 1.67. The number of rotatable bonds is 4. The number of amides is 1. The van der Waals surface area contributed by atoms with Gasteiger partial charge in [0.05, 0.1) is 21.7 Å². The maximum atomic E-state index is 12.6. The molecule has 10 heteroatoms. The fraction of sp³-hybridized carbons (Fsp3) is 0.316. The molecule has 0 saturated carbocycles. The first-order chi connectivity index (χ1) is 13.7. The van der Waals surface area contributed by atoms with Gasteiger partial charge in [-0.25, -0.2) is 16.8 Å². The van der Waals surface area contributed by atoms with E-state index in [0.29, 0.717) is 30.4 Å². The Bertz CT molecular complexity index is 1160. The second-order valence-electron chi connectivity index (χ2n) is 6.91. The molecule has 2 aromatic carbocycles. The van der Waals surface area contributed by atoms with Crippen LogP contribution >= 0.6 is 0 Å². The van der Waals surface area contributed by atoms with E-state index in [1.807, 2.05) is 0 Å². The maximum absolute atomic E-state index is 12.6. The van der Waals surface area contributed by atoms with Crippen LogP contribution in [0.2, 0.25) is 0 Å². The number of ether oxygens (including phenoxy) is 2. The summed E-state index contributed by atoms with van der Waals surface area (Å²) in [7, 11) is -7.07. The van der Waals surface area contributed by atoms with Crippen LogP contribution in [0, 0.1) is 0 Å². The van der Waals surface area contributed by atoms with Crippen molar-refractivity contribution in [2.24, 2.45) is 0 Å². The fourth-order valence-electron chi connectivity index (χ4n) is 3.32. The van der Waals surface area contributed by atoms with Gasteiger partial charge in [-0.3, -0.25) is 4.79 Å². The van der Waals surface area contributed by atoms with Crippen LogP contribution in [0.3, 0.4) is 0 Å². The first-order valence-corrected chi connectivity index (χ1v) is 12.4. The molecule has 1 atom stereocenters. The van der Waals surface area contributed by atoms with E-state index < -0.39 is 30.8 Å². The van der Waals surface area contributed by atoms with E-state index in [-0.39, 0.29) is 28.4 Å². The largest absolute Gasteiger partial charge is 0.486 e. The van der Waals surface area contributed by atoms with Crippen molar-refractivity contribution in [3.63, 3.8) is 0 Å². The highest BCUT2D eigenvalue weighted by atomic mass is 32.2. The number of carbonyl (C=O) groups excluding carboxylic acids is 1. The van der Waals surface area contributed by atoms with Crippen molar-refractivity contribution in [3.05, 3.63) is 48.0 Å². The highest BCUT2D eigenvalue weighted by Gasteiger charge is 2.38. The molecule has 29 heavy (non-hydrogen) atoms. The monoisotopic (exact) mass is 437 g/mol. The lowest BCUT2D eigenvalue weighted by Crippen LogP contribution is -2.23. The van der Waals surface area contributed by atoms with Gasteiger partial charge in [-0.1, -0.05) is 0 Å². The number of sulfone groups is 2. The van der Waals surface area contributed by atoms with E-state index in [4.69, 9.17) is 9.47 Å². The number of hydrogen-bond acceptors (Lipinski definition) is 7. The molecule has 0 spiro atoms. The zero-order chi connectivity index (χ0) is 20.6. The molecular formula is C19H19NO7S2. The van der Waals surface area contributed by atoms with Crippen molar-refractivity contribution in [1.29, 1.82) is 0 Å². The first kappa shape index (κ1) is 19.7. The molecule has 2 aromatic rings. The lowest BCUT2D eigenvalue weighted by molar-refractivity contribution is 0.102. The molecule has 0 aromatic heterocycles. The third-order valence-electron chi connectivity index (χ3n) is 4.87. The molecule has 1 fully saturated rings. The van der Waals surface area contributed by atoms with E-state index >= 15 is 0 Å². The van der Waals surface area contributed by atoms with Crippen molar-refractivity contribution in [3.8, 4) is 11.5 Å². The minimum Gasteiger partial charge on any atom is -0.486 e. The Kier molecular flexibility index (Phi) is 4.99. The summed E-state index contributed by atoms with van der Waals surface area (Å²) in [4.78, 5) is 12.5. The lowest BCUT2D eigenvalue weighted by Gasteiger charge is -2.19. The number of hydrogen-bond donors (Lipinski definition) is 1. The summed E-state index contributed by atoms with van der Waals surface area (Å²) in [6, 6.07) is 10.5. The van der Waals surface area contributed by atoms with Gasteiger partial charge < -0.3 is 14.8 Å². The highest BCUT2D eigenvalue weighted by molar-refractivity contribution is 7.96. The molecule has 0 radical (unpaired) electrons. The summed E-state index contributed by atoms with van der Waals surface area (Å²) in [6.07, 6.45) is 0.0943. The van der Waals surface area contributed by atoms with Crippen LogP contribution in [0.1, 0.15) is 16.8 Å². The van der Waals surface area contributed by atoms with Gasteiger partial charge in [-0.2, -0.15) is 0 Å². The van der Waals surface area contributed by atoms with Gasteiger partial charge in [0.25, 0.3) is 5.91 Å². The van der Waals surface area contributed by atoms with Crippen molar-refractivity contribution in [2.75, 3.05) is 30.0 Å². The van der Waals surface area contributed by atoms with Gasteiger partial charge in [-0.05, 0) is 42.8 Å². The van der Waals surface area contributed by atoms with Crippen LogP contribution in [0.25, 0.3) is 0 Å². The van der Waals surface area contributed by atoms with E-state index in [1.54, 1.807) is 18.2 Å². The van der Waals surface area contributed by atoms with Gasteiger partial charge in [0.2, 0.25) is 0 Å². The summed E-state index contributed by atoms with van der Waals surface area (Å²) < 4.78 is 59.4. The summed E-state index contributed by atoms with van der Waals surface area (Å²) in [6.45, 7) is 0.906. The zero-order valence-corrected chi connectivity index (χ0v) is 17.0. The molecular weight excluding hydrogens is 418 g/mol. The SMILES string of the molecule is O=C(Nc1ccc2c(c1)OCCO2)c1ccc(S(=O)(=O)[C@H]2CCS(=O)(=O)C2)cc1. The molecule has 1 N–H and O–H groups in total. The van der Waals surface area contributed by atoms with Crippen molar-refractivity contribution >= 4 is 31.3 Å². The Labute approximate surface area is 168 Å². The van der Waals surface area contributed by atoms with E-state index in [0.717, 1.165) is 0 Å². The fourth-order valence-corrected chi connectivity index (χ4v) is 7.68. The van der Waals surface area contributed by atoms with Crippen LogP contribution in [0.15, 0.2) is 47.4 Å². The third kappa shape index (κ3) is 4.08. The van der Waals surface area contributed by atoms with Crippen LogP contribution in [-0.4, -0.2) is 52.7 Å². The minimum atomic E-state index is -3.76. The number of fused-ring (bicyclic) bond motifs is 1. The summed E-state index contributed by atoms with van der Waals surface area (Å²) in [5, 5.41) is 1.79. The second-order valence-corrected chi connectivity index (χ2v) is 11.4. The molecule has 2 heterocycles. The molecule has 1 amide bonds. The minimum absolute atomic E-state index is 0.00970. The topological polar surface area (TPSA) is 116 Å². The highest BCUT2D eigenvalue weighted by Crippen LogP contribution is 2.32. The van der Waals surface area contributed by atoms with Gasteiger partial charge in [0, 0.05) is 17.3 Å². The van der Waals surface area contributed by atoms with Crippen molar-refractivity contribution < 1.29 is 31.1 Å². The number of carbonyl (C=O) groups is 1. The maximum Gasteiger partial charge on any atom is 0.255 e. The van der Waals surface area contributed by atoms with Gasteiger partial charge in [0.1, 0.15) is 13.2 Å². The Balaban J connectivity index is 1.48. The average molecular weight is 437 g/mol. The standard InChI is InChI=1S/C19H19NO7S2/c21-19(20-14-3-6-17-18(11-14)27-9-8-26-17)13-1-4-15(5-2-13)29(24,25)16-7-10-28(22,23)12-16/h1-6,11,16H,7-10,12H2,(H,20,21)/t16-/m0/s1. The predicted molar refractivity (Wildman–Crippen MR) is 106 cm³/mol. The summed E-state index contributed by atoms with van der Waals surface area (Å²) in [5.74, 6) is 0.267. The number of anilines is 1. The quantitative estimate of drug-likeness (QED) is 0.773. The second kappa shape index (κ2) is 7.34. The van der Waals surface area contributed by atoms with Crippen LogP contribution in [-0.2, 0) is 19.7 Å². The third-order valence-corrected chi connectivity index (χ3v) is 9.06. The molecule has 8 nitrogen and oxygen atoms in total. The Hall–Kier alpha value is -2.59. The molecule has 1 saturated heterocycles. The van der Waals surface area contributed by atoms with Gasteiger partial charge in [0.15, 0.2) is 31.2 Å². The first-order valence-electron chi connectivity index (χ1n) is 9.00. The van der Waals surface area contributed by atoms with Crippen molar-refractivity contribution in [2.45, 2.75) is 16.6 Å². The molecule has 0 unspecified atom stereocenters. The number of benzene rings is 2. The molecule has 0 aliphatic carbocycles. The Morgan fingerprint density at radius 2 is 1.69 bits per heavy atom. The van der Waals surface area contributed by atoms with Crippen LogP contribution in [0.5, 0.6) is 11.5 Å². The van der Waals surface area contributed by atoms with Crippen LogP contribution < -0.4 is 14.8 Å². The smallest absolute Gasteiger partial charge is 0.255 e. The van der Waals surface area contributed by atoms with Gasteiger partial charge >= 0.3 is 0 Å². The summed E-state index contributed by atoms with van der Waals surface area (Å²) in [5.41, 5.74) is 0.796. The molecule has 4 rings (SSSR count). The van der Waals surface area contributed by atoms with E-state index in [1.165, 1.54) is 24.3 Å². The lowest BCUT2D eigenvalue weighted by atomic mass is 10.2. The Morgan fingerprint density at radius 3 is 2.34 bits per heavy atom. The number of nitrogens with one attached hydrogen (secondary N) is 1. The van der Waals surface area contributed by atoms with Crippen LogP contribution in [0.4, 0.5) is 5.69 Å². The normalized spacial score (nSPS) is 20.2. The Morgan fingerprint density at radius 1 is 1.00 bits per heavy atom. The van der Waals surface area contributed by atoms with E-state index in [2.05, 4.69) is 5.32 Å². The molecule has 0 bridgehead atoms.